The lowest BCUT2D eigenvalue weighted by molar-refractivity contribution is 0.461. The van der Waals surface area contributed by atoms with Crippen LogP contribution in [0, 0.1) is 0 Å². The Bertz CT molecular complexity index is 943. The molecule has 0 bridgehead atoms. The zero-order valence-corrected chi connectivity index (χ0v) is 11.2. The first kappa shape index (κ1) is 11.8. The van der Waals surface area contributed by atoms with Gasteiger partial charge in [-0.25, -0.2) is 4.98 Å². The number of benzene rings is 2. The van der Waals surface area contributed by atoms with E-state index in [0.29, 0.717) is 0 Å². The molecule has 0 saturated carbocycles. The molecule has 4 nitrogen and oxygen atoms in total. The second-order valence-corrected chi connectivity index (χ2v) is 4.82. The fourth-order valence-corrected chi connectivity index (χ4v) is 2.50. The van der Waals surface area contributed by atoms with Crippen molar-refractivity contribution in [2.24, 2.45) is 0 Å². The third-order valence-corrected chi connectivity index (χ3v) is 3.52. The van der Waals surface area contributed by atoms with Crippen molar-refractivity contribution in [1.82, 2.24) is 9.38 Å². The van der Waals surface area contributed by atoms with E-state index >= 15 is 0 Å². The summed E-state index contributed by atoms with van der Waals surface area (Å²) in [6.45, 7) is 0. The summed E-state index contributed by atoms with van der Waals surface area (Å²) in [6, 6.07) is 17.5. The zero-order chi connectivity index (χ0) is 14.2. The number of nitrogens with zero attached hydrogens (tertiary/aromatic N) is 2. The van der Waals surface area contributed by atoms with Gasteiger partial charge in [-0.15, -0.1) is 0 Å². The molecule has 2 N–H and O–H groups in total. The van der Waals surface area contributed by atoms with Crippen LogP contribution in [0.25, 0.3) is 16.4 Å². The van der Waals surface area contributed by atoms with E-state index in [4.69, 9.17) is 10.5 Å². The van der Waals surface area contributed by atoms with E-state index in [2.05, 4.69) is 4.98 Å². The molecular formula is C17H13N3O. The zero-order valence-electron chi connectivity index (χ0n) is 11.2. The molecule has 21 heavy (non-hydrogen) atoms. The number of aromatic nitrogens is 2. The van der Waals surface area contributed by atoms with Gasteiger partial charge in [-0.1, -0.05) is 30.3 Å². The van der Waals surface area contributed by atoms with Crippen molar-refractivity contribution in [3.05, 3.63) is 67.0 Å². The SMILES string of the molecule is Nc1ccc(Oc2cccc3nccn23)c2ccccc12. The largest absolute Gasteiger partial charge is 0.440 e. The fraction of sp³-hybridized carbons (Fsp3) is 0. The van der Waals surface area contributed by atoms with Crippen molar-refractivity contribution in [3.8, 4) is 11.6 Å². The highest BCUT2D eigenvalue weighted by molar-refractivity contribution is 5.97. The predicted octanol–water partition coefficient (Wildman–Crippen LogP) is 3.86. The molecule has 4 aromatic rings. The Balaban J connectivity index is 1.88. The second kappa shape index (κ2) is 4.52. The number of ether oxygens (including phenoxy) is 1. The molecule has 0 unspecified atom stereocenters. The molecule has 2 heterocycles. The highest BCUT2D eigenvalue weighted by atomic mass is 16.5. The van der Waals surface area contributed by atoms with Crippen LogP contribution in [0.1, 0.15) is 0 Å². The van der Waals surface area contributed by atoms with Crippen molar-refractivity contribution in [2.45, 2.75) is 0 Å². The molecule has 4 rings (SSSR count). The van der Waals surface area contributed by atoms with E-state index in [9.17, 15) is 0 Å². The third-order valence-electron chi connectivity index (χ3n) is 3.52. The maximum absolute atomic E-state index is 6.09. The monoisotopic (exact) mass is 275 g/mol. The molecule has 0 aliphatic heterocycles. The van der Waals surface area contributed by atoms with E-state index in [1.165, 1.54) is 0 Å². The molecule has 0 amide bonds. The van der Waals surface area contributed by atoms with E-state index in [-0.39, 0.29) is 0 Å². The lowest BCUT2D eigenvalue weighted by atomic mass is 10.1. The molecular weight excluding hydrogens is 262 g/mol. The number of pyridine rings is 1. The third kappa shape index (κ3) is 1.89. The van der Waals surface area contributed by atoms with Crippen molar-refractivity contribution in [2.75, 3.05) is 5.73 Å². The summed E-state index contributed by atoms with van der Waals surface area (Å²) in [7, 11) is 0. The molecule has 2 aromatic carbocycles. The molecule has 0 saturated heterocycles. The Morgan fingerprint density at radius 3 is 2.67 bits per heavy atom. The maximum Gasteiger partial charge on any atom is 0.205 e. The lowest BCUT2D eigenvalue weighted by Crippen LogP contribution is -1.94. The summed E-state index contributed by atoms with van der Waals surface area (Å²) in [6.07, 6.45) is 3.63. The van der Waals surface area contributed by atoms with Gasteiger partial charge in [-0.2, -0.15) is 0 Å². The van der Waals surface area contributed by atoms with Crippen LogP contribution in [0.4, 0.5) is 5.69 Å². The Morgan fingerprint density at radius 2 is 1.76 bits per heavy atom. The summed E-state index contributed by atoms with van der Waals surface area (Å²) >= 11 is 0. The number of nitrogens with two attached hydrogens (primary N) is 1. The van der Waals surface area contributed by atoms with Crippen LogP contribution in [0.5, 0.6) is 11.6 Å². The predicted molar refractivity (Wildman–Crippen MR) is 83.6 cm³/mol. The van der Waals surface area contributed by atoms with Gasteiger partial charge in [0.1, 0.15) is 11.4 Å². The molecule has 0 fully saturated rings. The fourth-order valence-electron chi connectivity index (χ4n) is 2.50. The van der Waals surface area contributed by atoms with Crippen LogP contribution in [0.3, 0.4) is 0 Å². The van der Waals surface area contributed by atoms with Crippen molar-refractivity contribution >= 4 is 22.1 Å². The number of anilines is 1. The summed E-state index contributed by atoms with van der Waals surface area (Å²) in [5, 5.41) is 1.99. The lowest BCUT2D eigenvalue weighted by Gasteiger charge is -2.11. The molecule has 4 heteroatoms. The minimum Gasteiger partial charge on any atom is -0.440 e. The second-order valence-electron chi connectivity index (χ2n) is 4.82. The molecule has 0 atom stereocenters. The Kier molecular flexibility index (Phi) is 2.54. The van der Waals surface area contributed by atoms with Crippen molar-refractivity contribution in [3.63, 3.8) is 0 Å². The summed E-state index contributed by atoms with van der Waals surface area (Å²) in [5.41, 5.74) is 7.62. The number of nitrogen functional groups attached to an aromatic ring is 1. The van der Waals surface area contributed by atoms with Gasteiger partial charge in [0.05, 0.1) is 0 Å². The van der Waals surface area contributed by atoms with Crippen LogP contribution in [0.15, 0.2) is 67.0 Å². The van der Waals surface area contributed by atoms with Crippen LogP contribution in [-0.4, -0.2) is 9.38 Å². The molecule has 0 aliphatic carbocycles. The molecule has 0 spiro atoms. The van der Waals surface area contributed by atoms with Gasteiger partial charge in [0, 0.05) is 28.9 Å². The summed E-state index contributed by atoms with van der Waals surface area (Å²) in [4.78, 5) is 4.26. The summed E-state index contributed by atoms with van der Waals surface area (Å²) < 4.78 is 7.99. The van der Waals surface area contributed by atoms with E-state index in [0.717, 1.165) is 33.7 Å². The maximum atomic E-state index is 6.09. The molecule has 2 aromatic heterocycles. The van der Waals surface area contributed by atoms with Gasteiger partial charge in [0.2, 0.25) is 5.88 Å². The molecule has 0 radical (unpaired) electrons. The van der Waals surface area contributed by atoms with Gasteiger partial charge in [0.15, 0.2) is 0 Å². The first-order valence-corrected chi connectivity index (χ1v) is 6.70. The van der Waals surface area contributed by atoms with E-state index < -0.39 is 0 Å². The Labute approximate surface area is 121 Å². The Morgan fingerprint density at radius 1 is 0.905 bits per heavy atom. The van der Waals surface area contributed by atoms with Gasteiger partial charge >= 0.3 is 0 Å². The number of hydrogen-bond acceptors (Lipinski definition) is 3. The van der Waals surface area contributed by atoms with Gasteiger partial charge in [-0.05, 0) is 24.3 Å². The van der Waals surface area contributed by atoms with Gasteiger partial charge in [-0.3, -0.25) is 4.40 Å². The van der Waals surface area contributed by atoms with Crippen LogP contribution < -0.4 is 10.5 Å². The smallest absolute Gasteiger partial charge is 0.205 e. The highest BCUT2D eigenvalue weighted by Crippen LogP contribution is 2.33. The summed E-state index contributed by atoms with van der Waals surface area (Å²) in [5.74, 6) is 1.50. The number of hydrogen-bond donors (Lipinski definition) is 1. The van der Waals surface area contributed by atoms with E-state index in [1.54, 1.807) is 6.20 Å². The normalized spacial score (nSPS) is 11.0. The topological polar surface area (TPSA) is 52.5 Å². The molecule has 0 aliphatic rings. The average molecular weight is 275 g/mol. The first-order chi connectivity index (χ1) is 10.3. The van der Waals surface area contributed by atoms with Gasteiger partial charge < -0.3 is 10.5 Å². The Hall–Kier alpha value is -3.01. The number of fused-ring (bicyclic) bond motifs is 2. The van der Waals surface area contributed by atoms with E-state index in [1.807, 2.05) is 65.2 Å². The van der Waals surface area contributed by atoms with Crippen LogP contribution in [0.2, 0.25) is 0 Å². The first-order valence-electron chi connectivity index (χ1n) is 6.70. The average Bonchev–Trinajstić information content (AvgIpc) is 3.00. The van der Waals surface area contributed by atoms with Crippen molar-refractivity contribution < 1.29 is 4.74 Å². The minimum atomic E-state index is 0.722. The van der Waals surface area contributed by atoms with Gasteiger partial charge in [0.25, 0.3) is 0 Å². The van der Waals surface area contributed by atoms with Crippen molar-refractivity contribution in [1.29, 1.82) is 0 Å². The standard InChI is InChI=1S/C17H13N3O/c18-14-8-9-15(13-5-2-1-4-12(13)14)21-17-7-3-6-16-19-10-11-20(16)17/h1-11H,18H2. The molecule has 102 valence electrons. The number of rotatable bonds is 2. The quantitative estimate of drug-likeness (QED) is 0.565. The highest BCUT2D eigenvalue weighted by Gasteiger charge is 2.08. The number of imidazole rings is 1. The van der Waals surface area contributed by atoms with Crippen LogP contribution >= 0.6 is 0 Å². The van der Waals surface area contributed by atoms with Crippen LogP contribution in [-0.2, 0) is 0 Å². The minimum absolute atomic E-state index is 0.722.